The molecule has 5 heteroatoms. The fourth-order valence-electron chi connectivity index (χ4n) is 3.51. The van der Waals surface area contributed by atoms with Crippen LogP contribution in [-0.4, -0.2) is 23.9 Å². The maximum Gasteiger partial charge on any atom is 0.325 e. The lowest BCUT2D eigenvalue weighted by Gasteiger charge is -2.26. The predicted molar refractivity (Wildman–Crippen MR) is 100.0 cm³/mol. The van der Waals surface area contributed by atoms with E-state index >= 15 is 0 Å². The van der Waals surface area contributed by atoms with Crippen LogP contribution in [0.5, 0.6) is 5.75 Å². The minimum atomic E-state index is -1.03. The first-order valence-corrected chi connectivity index (χ1v) is 8.76. The monoisotopic (exact) mass is 352 g/mol. The number of rotatable bonds is 5. The molecule has 0 spiro atoms. The Hall–Kier alpha value is -2.82. The molecule has 1 aliphatic rings. The molecule has 1 unspecified atom stereocenters. The molecule has 1 saturated heterocycles. The summed E-state index contributed by atoms with van der Waals surface area (Å²) in [6, 6.07) is 13.0. The molecule has 0 aliphatic carbocycles. The van der Waals surface area contributed by atoms with E-state index in [4.69, 9.17) is 4.74 Å². The molecule has 2 aromatic rings. The van der Waals surface area contributed by atoms with E-state index in [1.54, 1.807) is 7.11 Å². The molecule has 3 amide bonds. The fraction of sp³-hybridized carbons (Fsp3) is 0.333. The van der Waals surface area contributed by atoms with E-state index in [0.29, 0.717) is 6.42 Å². The summed E-state index contributed by atoms with van der Waals surface area (Å²) >= 11 is 0. The smallest absolute Gasteiger partial charge is 0.325 e. The van der Waals surface area contributed by atoms with Gasteiger partial charge in [0.15, 0.2) is 0 Å². The molecule has 0 saturated carbocycles. The van der Waals surface area contributed by atoms with E-state index in [0.717, 1.165) is 28.0 Å². The number of carbonyl (C=O) groups is 2. The van der Waals surface area contributed by atoms with Gasteiger partial charge >= 0.3 is 6.03 Å². The molecular weight excluding hydrogens is 328 g/mol. The molecule has 26 heavy (non-hydrogen) atoms. The lowest BCUT2D eigenvalue weighted by atomic mass is 9.86. The van der Waals surface area contributed by atoms with Crippen molar-refractivity contribution in [3.63, 3.8) is 0 Å². The first kappa shape index (κ1) is 18.0. The van der Waals surface area contributed by atoms with E-state index in [-0.39, 0.29) is 18.5 Å². The molecule has 1 aliphatic heterocycles. The van der Waals surface area contributed by atoms with Crippen LogP contribution in [0.2, 0.25) is 0 Å². The first-order chi connectivity index (χ1) is 12.4. The standard InChI is InChI=1S/C21H24N2O3/c1-5-21(17-10-11-18(26-4)15(3)12-17)19(24)23(20(25)22-21)13-16-9-7-6-8-14(16)2/h6-12H,5,13H2,1-4H3,(H,22,25). The van der Waals surface area contributed by atoms with Gasteiger partial charge in [0, 0.05) is 0 Å². The molecule has 136 valence electrons. The van der Waals surface area contributed by atoms with Crippen molar-refractivity contribution in [2.45, 2.75) is 39.3 Å². The lowest BCUT2D eigenvalue weighted by molar-refractivity contribution is -0.132. The highest BCUT2D eigenvalue weighted by Gasteiger charge is 2.51. The molecule has 0 radical (unpaired) electrons. The van der Waals surface area contributed by atoms with Crippen LogP contribution >= 0.6 is 0 Å². The van der Waals surface area contributed by atoms with Gasteiger partial charge in [-0.3, -0.25) is 9.69 Å². The molecule has 1 atom stereocenters. The van der Waals surface area contributed by atoms with Crippen LogP contribution in [0.1, 0.15) is 35.6 Å². The summed E-state index contributed by atoms with van der Waals surface area (Å²) in [5.41, 5.74) is 2.70. The quantitative estimate of drug-likeness (QED) is 0.835. The fourth-order valence-corrected chi connectivity index (χ4v) is 3.51. The summed E-state index contributed by atoms with van der Waals surface area (Å²) in [5, 5.41) is 2.93. The molecule has 1 heterocycles. The zero-order valence-corrected chi connectivity index (χ0v) is 15.6. The van der Waals surface area contributed by atoms with Gasteiger partial charge in [0.05, 0.1) is 13.7 Å². The topological polar surface area (TPSA) is 58.6 Å². The number of nitrogens with one attached hydrogen (secondary N) is 1. The number of benzene rings is 2. The van der Waals surface area contributed by atoms with Gasteiger partial charge in [-0.1, -0.05) is 37.3 Å². The van der Waals surface area contributed by atoms with Gasteiger partial charge in [-0.05, 0) is 54.7 Å². The van der Waals surface area contributed by atoms with E-state index in [1.165, 1.54) is 4.90 Å². The third-order valence-corrected chi connectivity index (χ3v) is 5.18. The van der Waals surface area contributed by atoms with Crippen LogP contribution in [0.15, 0.2) is 42.5 Å². The van der Waals surface area contributed by atoms with Gasteiger partial charge in [-0.15, -0.1) is 0 Å². The van der Waals surface area contributed by atoms with Crippen molar-refractivity contribution in [2.24, 2.45) is 0 Å². The van der Waals surface area contributed by atoms with Crippen molar-refractivity contribution in [1.82, 2.24) is 10.2 Å². The summed E-state index contributed by atoms with van der Waals surface area (Å²) in [4.78, 5) is 27.2. The number of hydrogen-bond acceptors (Lipinski definition) is 3. The van der Waals surface area contributed by atoms with Crippen LogP contribution in [0.25, 0.3) is 0 Å². The second-order valence-corrected chi connectivity index (χ2v) is 6.69. The molecule has 0 bridgehead atoms. The maximum absolute atomic E-state index is 13.3. The van der Waals surface area contributed by atoms with Crippen LogP contribution in [0.4, 0.5) is 4.79 Å². The van der Waals surface area contributed by atoms with Crippen molar-refractivity contribution >= 4 is 11.9 Å². The highest BCUT2D eigenvalue weighted by atomic mass is 16.5. The molecule has 1 N–H and O–H groups in total. The van der Waals surface area contributed by atoms with Gasteiger partial charge in [-0.25, -0.2) is 4.79 Å². The number of ether oxygens (including phenoxy) is 1. The number of amides is 3. The zero-order valence-electron chi connectivity index (χ0n) is 15.6. The molecule has 5 nitrogen and oxygen atoms in total. The van der Waals surface area contributed by atoms with Gasteiger partial charge < -0.3 is 10.1 Å². The number of nitrogens with zero attached hydrogens (tertiary/aromatic N) is 1. The summed E-state index contributed by atoms with van der Waals surface area (Å²) in [5.74, 6) is 0.548. The first-order valence-electron chi connectivity index (χ1n) is 8.76. The second-order valence-electron chi connectivity index (χ2n) is 6.69. The molecule has 3 rings (SSSR count). The Labute approximate surface area is 154 Å². The summed E-state index contributed by atoms with van der Waals surface area (Å²) in [6.07, 6.45) is 0.480. The number of aryl methyl sites for hydroxylation is 2. The molecule has 0 aromatic heterocycles. The normalized spacial score (nSPS) is 19.6. The average Bonchev–Trinajstić information content (AvgIpc) is 2.88. The van der Waals surface area contributed by atoms with Crippen molar-refractivity contribution in [1.29, 1.82) is 0 Å². The highest BCUT2D eigenvalue weighted by molar-refractivity contribution is 6.07. The van der Waals surface area contributed by atoms with Gasteiger partial charge in [-0.2, -0.15) is 0 Å². The van der Waals surface area contributed by atoms with Crippen LogP contribution in [0, 0.1) is 13.8 Å². The van der Waals surface area contributed by atoms with Gasteiger partial charge in [0.2, 0.25) is 0 Å². The third-order valence-electron chi connectivity index (χ3n) is 5.18. The Morgan fingerprint density at radius 2 is 1.81 bits per heavy atom. The van der Waals surface area contributed by atoms with Crippen molar-refractivity contribution < 1.29 is 14.3 Å². The second kappa shape index (κ2) is 6.83. The van der Waals surface area contributed by atoms with E-state index in [1.807, 2.05) is 63.2 Å². The number of carbonyl (C=O) groups excluding carboxylic acids is 2. The SMILES string of the molecule is CCC1(c2ccc(OC)c(C)c2)NC(=O)N(Cc2ccccc2C)C1=O. The van der Waals surface area contributed by atoms with Crippen LogP contribution in [0.3, 0.4) is 0 Å². The Balaban J connectivity index is 1.97. The summed E-state index contributed by atoms with van der Waals surface area (Å²) in [6.45, 7) is 6.09. The number of imide groups is 1. The Morgan fingerprint density at radius 1 is 1.08 bits per heavy atom. The van der Waals surface area contributed by atoms with E-state index in [2.05, 4.69) is 5.32 Å². The molecule has 2 aromatic carbocycles. The molecule has 1 fully saturated rings. The van der Waals surface area contributed by atoms with Crippen molar-refractivity contribution in [3.8, 4) is 5.75 Å². The third kappa shape index (κ3) is 2.83. The minimum absolute atomic E-state index is 0.210. The van der Waals surface area contributed by atoms with Crippen LogP contribution in [-0.2, 0) is 16.9 Å². The largest absolute Gasteiger partial charge is 0.496 e. The van der Waals surface area contributed by atoms with Crippen molar-refractivity contribution in [2.75, 3.05) is 7.11 Å². The Bertz CT molecular complexity index is 862. The highest BCUT2D eigenvalue weighted by Crippen LogP contribution is 2.35. The van der Waals surface area contributed by atoms with E-state index in [9.17, 15) is 9.59 Å². The molecular formula is C21H24N2O3. The van der Waals surface area contributed by atoms with Gasteiger partial charge in [0.25, 0.3) is 5.91 Å². The summed E-state index contributed by atoms with van der Waals surface area (Å²) < 4.78 is 5.31. The number of methoxy groups -OCH3 is 1. The van der Waals surface area contributed by atoms with E-state index < -0.39 is 5.54 Å². The number of urea groups is 1. The Kier molecular flexibility index (Phi) is 4.72. The number of hydrogen-bond donors (Lipinski definition) is 1. The lowest BCUT2D eigenvalue weighted by Crippen LogP contribution is -2.43. The van der Waals surface area contributed by atoms with Crippen LogP contribution < -0.4 is 10.1 Å². The van der Waals surface area contributed by atoms with Crippen molar-refractivity contribution in [3.05, 3.63) is 64.7 Å². The average molecular weight is 352 g/mol. The zero-order chi connectivity index (χ0) is 18.9. The maximum atomic E-state index is 13.3. The Morgan fingerprint density at radius 3 is 2.42 bits per heavy atom. The predicted octanol–water partition coefficient (Wildman–Crippen LogP) is 3.67. The summed E-state index contributed by atoms with van der Waals surface area (Å²) in [7, 11) is 1.62. The minimum Gasteiger partial charge on any atom is -0.496 e. The van der Waals surface area contributed by atoms with Gasteiger partial charge in [0.1, 0.15) is 11.3 Å².